The topological polar surface area (TPSA) is 112 Å². The second-order valence-corrected chi connectivity index (χ2v) is 7.11. The van der Waals surface area contributed by atoms with Gasteiger partial charge in [0.05, 0.1) is 26.0 Å². The summed E-state index contributed by atoms with van der Waals surface area (Å²) in [6.45, 7) is 5.50. The van der Waals surface area contributed by atoms with E-state index in [2.05, 4.69) is 10.6 Å². The van der Waals surface area contributed by atoms with Crippen LogP contribution in [0.15, 0.2) is 36.4 Å². The number of hydrogen-bond donors (Lipinski definition) is 2. The lowest BCUT2D eigenvalue weighted by Crippen LogP contribution is -2.35. The van der Waals surface area contributed by atoms with Crippen molar-refractivity contribution in [3.8, 4) is 17.2 Å². The third kappa shape index (κ3) is 7.57. The molecule has 0 saturated carbocycles. The molecular weight excluding hydrogens is 452 g/mol. The molecular formula is C23H27ClN2O7. The van der Waals surface area contributed by atoms with Crippen LogP contribution in [0.2, 0.25) is 5.02 Å². The zero-order valence-electron chi connectivity index (χ0n) is 18.9. The van der Waals surface area contributed by atoms with E-state index in [1.807, 2.05) is 13.8 Å². The minimum Gasteiger partial charge on any atom is -0.495 e. The van der Waals surface area contributed by atoms with Crippen LogP contribution in [-0.2, 0) is 14.3 Å². The Morgan fingerprint density at radius 1 is 0.970 bits per heavy atom. The van der Waals surface area contributed by atoms with Crippen LogP contribution in [0.5, 0.6) is 17.2 Å². The van der Waals surface area contributed by atoms with Gasteiger partial charge in [0.25, 0.3) is 11.8 Å². The summed E-state index contributed by atoms with van der Waals surface area (Å²) < 4.78 is 21.2. The Morgan fingerprint density at radius 2 is 1.64 bits per heavy atom. The van der Waals surface area contributed by atoms with Gasteiger partial charge in [0.1, 0.15) is 12.3 Å². The Balaban J connectivity index is 1.91. The van der Waals surface area contributed by atoms with Gasteiger partial charge in [0.2, 0.25) is 0 Å². The lowest BCUT2D eigenvalue weighted by atomic mass is 10.2. The van der Waals surface area contributed by atoms with Crippen LogP contribution >= 0.6 is 11.6 Å². The fraction of sp³-hybridized carbons (Fsp3) is 0.348. The van der Waals surface area contributed by atoms with Gasteiger partial charge in [-0.15, -0.1) is 0 Å². The predicted molar refractivity (Wildman–Crippen MR) is 123 cm³/mol. The number of amides is 2. The molecule has 0 heterocycles. The maximum atomic E-state index is 12.4. The second kappa shape index (κ2) is 12.5. The Labute approximate surface area is 197 Å². The molecule has 0 aliphatic heterocycles. The molecule has 0 saturated heterocycles. The number of carbonyl (C=O) groups excluding carboxylic acids is 3. The number of hydrogen-bond acceptors (Lipinski definition) is 7. The van der Waals surface area contributed by atoms with Gasteiger partial charge in [-0.3, -0.25) is 14.4 Å². The number of anilines is 1. The number of rotatable bonds is 11. The van der Waals surface area contributed by atoms with Crippen LogP contribution in [0.3, 0.4) is 0 Å². The zero-order chi connectivity index (χ0) is 24.4. The van der Waals surface area contributed by atoms with Crippen molar-refractivity contribution in [1.29, 1.82) is 0 Å². The number of halogens is 1. The minimum absolute atomic E-state index is 0.286. The van der Waals surface area contributed by atoms with Crippen LogP contribution in [0.4, 0.5) is 5.69 Å². The molecule has 1 atom stereocenters. The van der Waals surface area contributed by atoms with Crippen LogP contribution in [0.25, 0.3) is 0 Å². The number of ether oxygens (including phenoxy) is 4. The van der Waals surface area contributed by atoms with Crippen molar-refractivity contribution in [3.63, 3.8) is 0 Å². The van der Waals surface area contributed by atoms with Crippen LogP contribution in [0, 0.1) is 0 Å². The first-order chi connectivity index (χ1) is 15.8. The second-order valence-electron chi connectivity index (χ2n) is 6.68. The van der Waals surface area contributed by atoms with E-state index in [-0.39, 0.29) is 5.56 Å². The molecule has 33 heavy (non-hydrogen) atoms. The highest BCUT2D eigenvalue weighted by molar-refractivity contribution is 6.31. The molecule has 2 aromatic rings. The molecule has 0 aliphatic carbocycles. The Bertz CT molecular complexity index is 997. The lowest BCUT2D eigenvalue weighted by molar-refractivity contribution is -0.152. The molecule has 178 valence electrons. The summed E-state index contributed by atoms with van der Waals surface area (Å²) in [6, 6.07) is 9.44. The molecule has 0 aliphatic rings. The third-order valence-corrected chi connectivity index (χ3v) is 4.53. The van der Waals surface area contributed by atoms with Gasteiger partial charge in [-0.1, -0.05) is 11.6 Å². The number of nitrogens with one attached hydrogen (secondary N) is 2. The molecule has 10 heteroatoms. The number of methoxy groups -OCH3 is 1. The standard InChI is InChI=1S/C23H27ClN2O7/c1-5-31-19-9-7-15(11-20(19)32-6-2)23(29)25-13-21(27)33-14(3)22(28)26-17-12-16(24)8-10-18(17)30-4/h7-12,14H,5-6,13H2,1-4H3,(H,25,29)(H,26,28). The summed E-state index contributed by atoms with van der Waals surface area (Å²) in [5, 5.41) is 5.46. The highest BCUT2D eigenvalue weighted by Crippen LogP contribution is 2.29. The summed E-state index contributed by atoms with van der Waals surface area (Å²) in [5.41, 5.74) is 0.625. The molecule has 0 aromatic heterocycles. The fourth-order valence-corrected chi connectivity index (χ4v) is 2.92. The van der Waals surface area contributed by atoms with E-state index >= 15 is 0 Å². The molecule has 0 bridgehead atoms. The molecule has 0 fully saturated rings. The molecule has 2 rings (SSSR count). The summed E-state index contributed by atoms with van der Waals surface area (Å²) in [6.07, 6.45) is -1.12. The van der Waals surface area contributed by atoms with Crippen molar-refractivity contribution >= 4 is 35.1 Å². The van der Waals surface area contributed by atoms with Gasteiger partial charge >= 0.3 is 5.97 Å². The first-order valence-corrected chi connectivity index (χ1v) is 10.7. The lowest BCUT2D eigenvalue weighted by Gasteiger charge is -2.16. The monoisotopic (exact) mass is 478 g/mol. The average molecular weight is 479 g/mol. The Hall–Kier alpha value is -3.46. The Kier molecular flexibility index (Phi) is 9.81. The summed E-state index contributed by atoms with van der Waals surface area (Å²) in [5.74, 6) is -0.511. The van der Waals surface area contributed by atoms with Crippen LogP contribution in [-0.4, -0.2) is 50.8 Å². The van der Waals surface area contributed by atoms with Crippen molar-refractivity contribution in [2.75, 3.05) is 32.2 Å². The quantitative estimate of drug-likeness (QED) is 0.476. The van der Waals surface area contributed by atoms with E-state index in [0.717, 1.165) is 0 Å². The first kappa shape index (κ1) is 25.8. The van der Waals surface area contributed by atoms with Crippen LogP contribution < -0.4 is 24.8 Å². The summed E-state index contributed by atoms with van der Waals surface area (Å²) in [4.78, 5) is 36.9. The number of carbonyl (C=O) groups is 3. The SMILES string of the molecule is CCOc1ccc(C(=O)NCC(=O)OC(C)C(=O)Nc2cc(Cl)ccc2OC)cc1OCC. The van der Waals surface area contributed by atoms with Gasteiger partial charge in [-0.05, 0) is 57.2 Å². The van der Waals surface area contributed by atoms with Crippen molar-refractivity contribution < 1.29 is 33.3 Å². The minimum atomic E-state index is -1.12. The van der Waals surface area contributed by atoms with E-state index in [1.165, 1.54) is 26.2 Å². The molecule has 2 amide bonds. The fourth-order valence-electron chi connectivity index (χ4n) is 2.75. The van der Waals surface area contributed by atoms with Gasteiger partial charge in [0.15, 0.2) is 17.6 Å². The van der Waals surface area contributed by atoms with E-state index < -0.39 is 30.4 Å². The van der Waals surface area contributed by atoms with Crippen LogP contribution in [0.1, 0.15) is 31.1 Å². The largest absolute Gasteiger partial charge is 0.495 e. The maximum Gasteiger partial charge on any atom is 0.326 e. The average Bonchev–Trinajstić information content (AvgIpc) is 2.79. The third-order valence-electron chi connectivity index (χ3n) is 4.30. The van der Waals surface area contributed by atoms with Crippen molar-refractivity contribution in [2.24, 2.45) is 0 Å². The van der Waals surface area contributed by atoms with E-state index in [4.69, 9.17) is 30.5 Å². The highest BCUT2D eigenvalue weighted by Gasteiger charge is 2.20. The normalized spacial score (nSPS) is 11.2. The van der Waals surface area contributed by atoms with E-state index in [9.17, 15) is 14.4 Å². The maximum absolute atomic E-state index is 12.4. The van der Waals surface area contributed by atoms with Gasteiger partial charge in [0, 0.05) is 10.6 Å². The van der Waals surface area contributed by atoms with Gasteiger partial charge in [-0.2, -0.15) is 0 Å². The number of benzene rings is 2. The smallest absolute Gasteiger partial charge is 0.326 e. The molecule has 0 spiro atoms. The van der Waals surface area contributed by atoms with Crippen molar-refractivity contribution in [1.82, 2.24) is 5.32 Å². The highest BCUT2D eigenvalue weighted by atomic mass is 35.5. The number of esters is 1. The zero-order valence-corrected chi connectivity index (χ0v) is 19.7. The molecule has 1 unspecified atom stereocenters. The van der Waals surface area contributed by atoms with Gasteiger partial charge in [-0.25, -0.2) is 0 Å². The molecule has 0 radical (unpaired) electrons. The summed E-state index contributed by atoms with van der Waals surface area (Å²) in [7, 11) is 1.45. The Morgan fingerprint density at radius 3 is 2.30 bits per heavy atom. The molecule has 2 N–H and O–H groups in total. The molecule has 2 aromatic carbocycles. The van der Waals surface area contributed by atoms with Gasteiger partial charge < -0.3 is 29.6 Å². The van der Waals surface area contributed by atoms with Crippen molar-refractivity contribution in [3.05, 3.63) is 47.0 Å². The molecule has 9 nitrogen and oxygen atoms in total. The van der Waals surface area contributed by atoms with Crippen molar-refractivity contribution in [2.45, 2.75) is 26.9 Å². The predicted octanol–water partition coefficient (Wildman–Crippen LogP) is 3.45. The first-order valence-electron chi connectivity index (χ1n) is 10.3. The van der Waals surface area contributed by atoms with E-state index in [1.54, 1.807) is 24.3 Å². The van der Waals surface area contributed by atoms with E-state index in [0.29, 0.717) is 41.2 Å². The summed E-state index contributed by atoms with van der Waals surface area (Å²) >= 11 is 5.95.